The summed E-state index contributed by atoms with van der Waals surface area (Å²) in [7, 11) is 1.59. The van der Waals surface area contributed by atoms with Crippen LogP contribution in [0, 0.1) is 11.2 Å². The Morgan fingerprint density at radius 1 is 1.23 bits per heavy atom. The van der Waals surface area contributed by atoms with Crippen LogP contribution in [-0.4, -0.2) is 31.6 Å². The quantitative estimate of drug-likeness (QED) is 0.602. The van der Waals surface area contributed by atoms with Crippen molar-refractivity contribution in [2.24, 2.45) is 11.1 Å². The first kappa shape index (κ1) is 24.0. The zero-order valence-corrected chi connectivity index (χ0v) is 19.8. The third kappa shape index (κ3) is 4.47. The number of halogens is 3. The van der Waals surface area contributed by atoms with Crippen molar-refractivity contribution in [2.45, 2.75) is 50.6 Å². The van der Waals surface area contributed by atoms with Crippen LogP contribution in [0.1, 0.15) is 44.2 Å². The van der Waals surface area contributed by atoms with Crippen molar-refractivity contribution in [3.8, 4) is 0 Å². The number of nitrogens with one attached hydrogen (secondary N) is 2. The van der Waals surface area contributed by atoms with E-state index in [-0.39, 0.29) is 23.9 Å². The molecule has 31 heavy (non-hydrogen) atoms. The first-order valence-corrected chi connectivity index (χ1v) is 11.2. The van der Waals surface area contributed by atoms with Crippen LogP contribution in [-0.2, 0) is 10.2 Å². The van der Waals surface area contributed by atoms with Crippen LogP contribution in [0.25, 0.3) is 0 Å². The Bertz CT molecular complexity index is 962. The summed E-state index contributed by atoms with van der Waals surface area (Å²) in [6.45, 7) is 6.45. The maximum absolute atomic E-state index is 15.4. The molecular formula is C24H30Cl2FN3O. The molecule has 7 heteroatoms. The van der Waals surface area contributed by atoms with Crippen LogP contribution in [0.5, 0.6) is 0 Å². The van der Waals surface area contributed by atoms with Gasteiger partial charge in [-0.1, -0.05) is 62.2 Å². The number of hydrogen-bond donors (Lipinski definition) is 3. The van der Waals surface area contributed by atoms with E-state index in [1.54, 1.807) is 19.2 Å². The standard InChI is InChI=1S/C24H30Cl2FN3O/c1-23(2,3)12-19-24(13-28,16-11-14(25)9-10-18(16)27)20(21(30-19)22(31)29-4)15-7-5-6-8-17(15)26/h5-11,19-21,30H,12-13,28H2,1-4H3,(H,29,31)/t19-,20-,21+,24-/m0/s1. The first-order valence-electron chi connectivity index (χ1n) is 10.4. The van der Waals surface area contributed by atoms with Gasteiger partial charge in [-0.2, -0.15) is 0 Å². The van der Waals surface area contributed by atoms with Crippen LogP contribution >= 0.6 is 23.2 Å². The van der Waals surface area contributed by atoms with Crippen molar-refractivity contribution in [1.82, 2.24) is 10.6 Å². The van der Waals surface area contributed by atoms with Gasteiger partial charge in [0.2, 0.25) is 5.91 Å². The number of carbonyl (C=O) groups is 1. The lowest BCUT2D eigenvalue weighted by molar-refractivity contribution is -0.122. The number of likely N-dealkylation sites (N-methyl/N-ethyl adjacent to an activating group) is 1. The number of hydrogen-bond acceptors (Lipinski definition) is 3. The van der Waals surface area contributed by atoms with Gasteiger partial charge in [0, 0.05) is 41.0 Å². The van der Waals surface area contributed by atoms with Gasteiger partial charge in [-0.15, -0.1) is 0 Å². The largest absolute Gasteiger partial charge is 0.358 e. The summed E-state index contributed by atoms with van der Waals surface area (Å²) in [5.74, 6) is -1.08. The highest BCUT2D eigenvalue weighted by Gasteiger charge is 2.59. The van der Waals surface area contributed by atoms with Gasteiger partial charge in [-0.25, -0.2) is 4.39 Å². The smallest absolute Gasteiger partial charge is 0.237 e. The van der Waals surface area contributed by atoms with Crippen molar-refractivity contribution >= 4 is 29.1 Å². The van der Waals surface area contributed by atoms with Gasteiger partial charge < -0.3 is 16.4 Å². The van der Waals surface area contributed by atoms with E-state index in [1.165, 1.54) is 12.1 Å². The van der Waals surface area contributed by atoms with Gasteiger partial charge in [0.05, 0.1) is 6.04 Å². The second-order valence-corrected chi connectivity index (χ2v) is 10.3. The molecule has 3 rings (SSSR count). The average Bonchev–Trinajstić information content (AvgIpc) is 3.02. The van der Waals surface area contributed by atoms with Crippen molar-refractivity contribution in [1.29, 1.82) is 0 Å². The van der Waals surface area contributed by atoms with Crippen molar-refractivity contribution in [3.63, 3.8) is 0 Å². The summed E-state index contributed by atoms with van der Waals surface area (Å²) < 4.78 is 15.4. The normalized spacial score (nSPS) is 26.1. The van der Waals surface area contributed by atoms with Gasteiger partial charge >= 0.3 is 0 Å². The van der Waals surface area contributed by atoms with Crippen LogP contribution < -0.4 is 16.4 Å². The summed E-state index contributed by atoms with van der Waals surface area (Å²) in [5.41, 5.74) is 6.60. The molecule has 2 aromatic carbocycles. The van der Waals surface area contributed by atoms with E-state index in [4.69, 9.17) is 28.9 Å². The summed E-state index contributed by atoms with van der Waals surface area (Å²) in [4.78, 5) is 13.0. The van der Waals surface area contributed by atoms with Crippen molar-refractivity contribution in [3.05, 3.63) is 69.5 Å². The predicted molar refractivity (Wildman–Crippen MR) is 125 cm³/mol. The monoisotopic (exact) mass is 465 g/mol. The molecule has 1 fully saturated rings. The Labute approximate surface area is 193 Å². The minimum absolute atomic E-state index is 0.101. The predicted octanol–water partition coefficient (Wildman–Crippen LogP) is 4.64. The van der Waals surface area contributed by atoms with Gasteiger partial charge in [0.15, 0.2) is 0 Å². The zero-order valence-electron chi connectivity index (χ0n) is 18.3. The lowest BCUT2D eigenvalue weighted by atomic mass is 9.62. The molecule has 0 bridgehead atoms. The third-order valence-electron chi connectivity index (χ3n) is 6.24. The van der Waals surface area contributed by atoms with Crippen molar-refractivity contribution < 1.29 is 9.18 Å². The Kier molecular flexibility index (Phi) is 7.02. The molecule has 1 aliphatic heterocycles. The minimum atomic E-state index is -0.940. The van der Waals surface area contributed by atoms with E-state index in [2.05, 4.69) is 31.4 Å². The molecule has 1 saturated heterocycles. The second kappa shape index (κ2) is 9.07. The van der Waals surface area contributed by atoms with E-state index in [0.29, 0.717) is 22.0 Å². The molecule has 0 spiro atoms. The Morgan fingerprint density at radius 2 is 1.90 bits per heavy atom. The lowest BCUT2D eigenvalue weighted by Gasteiger charge is -2.42. The molecule has 0 aromatic heterocycles. The van der Waals surface area contributed by atoms with Crippen LogP contribution in [0.15, 0.2) is 42.5 Å². The SMILES string of the molecule is CNC(=O)[C@@H]1N[C@@H](CC(C)(C)C)[C@](CN)(c2cc(Cl)ccc2F)[C@H]1c1ccccc1Cl. The zero-order chi connectivity index (χ0) is 23.0. The molecule has 1 aliphatic rings. The van der Waals surface area contributed by atoms with Gasteiger partial charge in [-0.3, -0.25) is 4.79 Å². The maximum atomic E-state index is 15.4. The van der Waals surface area contributed by atoms with Gasteiger partial charge in [0.1, 0.15) is 5.82 Å². The summed E-state index contributed by atoms with van der Waals surface area (Å²) in [6, 6.07) is 11.0. The highest BCUT2D eigenvalue weighted by atomic mass is 35.5. The fourth-order valence-electron chi connectivity index (χ4n) is 4.98. The molecule has 0 saturated carbocycles. The molecule has 1 heterocycles. The molecule has 168 valence electrons. The fourth-order valence-corrected chi connectivity index (χ4v) is 5.41. The van der Waals surface area contributed by atoms with Crippen LogP contribution in [0.3, 0.4) is 0 Å². The van der Waals surface area contributed by atoms with E-state index in [0.717, 1.165) is 5.56 Å². The molecule has 1 amide bonds. The number of benzene rings is 2. The summed E-state index contributed by atoms with van der Waals surface area (Å²) in [6.07, 6.45) is 0.671. The number of amides is 1. The Balaban J connectivity index is 2.35. The molecule has 4 atom stereocenters. The minimum Gasteiger partial charge on any atom is -0.358 e. The average molecular weight is 466 g/mol. The number of rotatable bonds is 5. The lowest BCUT2D eigenvalue weighted by Crippen LogP contribution is -2.50. The summed E-state index contributed by atoms with van der Waals surface area (Å²) in [5, 5.41) is 7.17. The van der Waals surface area contributed by atoms with Gasteiger partial charge in [0.25, 0.3) is 0 Å². The second-order valence-electron chi connectivity index (χ2n) is 9.44. The van der Waals surface area contributed by atoms with Crippen LogP contribution in [0.2, 0.25) is 10.0 Å². The molecule has 0 radical (unpaired) electrons. The highest BCUT2D eigenvalue weighted by molar-refractivity contribution is 6.31. The van der Waals surface area contributed by atoms with E-state index >= 15 is 4.39 Å². The summed E-state index contributed by atoms with van der Waals surface area (Å²) >= 11 is 12.9. The molecule has 2 aromatic rings. The fraction of sp³-hybridized carbons (Fsp3) is 0.458. The molecule has 0 aliphatic carbocycles. The van der Waals surface area contributed by atoms with Gasteiger partial charge in [-0.05, 0) is 47.2 Å². The number of carbonyl (C=O) groups excluding carboxylic acids is 1. The molecular weight excluding hydrogens is 436 g/mol. The Hall–Kier alpha value is -1.66. The van der Waals surface area contributed by atoms with Crippen LogP contribution in [0.4, 0.5) is 4.39 Å². The van der Waals surface area contributed by atoms with E-state index in [9.17, 15) is 4.79 Å². The maximum Gasteiger partial charge on any atom is 0.237 e. The van der Waals surface area contributed by atoms with Crippen molar-refractivity contribution in [2.75, 3.05) is 13.6 Å². The first-order chi connectivity index (χ1) is 14.5. The van der Waals surface area contributed by atoms with E-state index in [1.807, 2.05) is 18.2 Å². The molecule has 4 N–H and O–H groups in total. The third-order valence-corrected chi connectivity index (χ3v) is 6.82. The highest BCUT2D eigenvalue weighted by Crippen LogP contribution is 2.52. The Morgan fingerprint density at radius 3 is 2.48 bits per heavy atom. The topological polar surface area (TPSA) is 67.2 Å². The van der Waals surface area contributed by atoms with E-state index < -0.39 is 23.2 Å². The molecule has 4 nitrogen and oxygen atoms in total. The number of nitrogens with two attached hydrogens (primary N) is 1. The molecule has 0 unspecified atom stereocenters.